The van der Waals surface area contributed by atoms with Crippen molar-refractivity contribution in [3.8, 4) is 6.07 Å². The molecule has 0 spiro atoms. The molecular formula is C17H20N6O3. The molecule has 9 heteroatoms. The normalized spacial score (nSPS) is 15.2. The number of hydrogen-bond donors (Lipinski definition) is 0. The Balaban J connectivity index is 1.63. The average molecular weight is 356 g/mol. The number of nitro benzene ring substituents is 1. The monoisotopic (exact) mass is 356 g/mol. The lowest BCUT2D eigenvalue weighted by Crippen LogP contribution is -2.46. The zero-order chi connectivity index (χ0) is 18.7. The molecule has 0 saturated carbocycles. The van der Waals surface area contributed by atoms with Crippen molar-refractivity contribution < 1.29 is 9.45 Å². The number of hydrogen-bond acceptors (Lipinski definition) is 8. The molecule has 1 saturated heterocycles. The van der Waals surface area contributed by atoms with Crippen LogP contribution in [0.2, 0.25) is 0 Å². The van der Waals surface area contributed by atoms with Gasteiger partial charge in [-0.25, -0.2) is 0 Å². The molecule has 0 amide bonds. The molecule has 1 fully saturated rings. The van der Waals surface area contributed by atoms with E-state index in [1.54, 1.807) is 6.07 Å². The third-order valence-electron chi connectivity index (χ3n) is 4.38. The van der Waals surface area contributed by atoms with Gasteiger partial charge in [-0.1, -0.05) is 19.0 Å². The van der Waals surface area contributed by atoms with Crippen molar-refractivity contribution in [1.29, 1.82) is 5.26 Å². The molecule has 2 heterocycles. The van der Waals surface area contributed by atoms with Gasteiger partial charge in [-0.15, -0.1) is 0 Å². The van der Waals surface area contributed by atoms with Crippen LogP contribution in [0.15, 0.2) is 22.7 Å². The van der Waals surface area contributed by atoms with Crippen LogP contribution < -0.4 is 4.90 Å². The average Bonchev–Trinajstić information content (AvgIpc) is 3.10. The number of piperazine rings is 1. The minimum atomic E-state index is -0.488. The van der Waals surface area contributed by atoms with Crippen LogP contribution in [-0.2, 0) is 6.54 Å². The number of nitro groups is 1. The predicted molar refractivity (Wildman–Crippen MR) is 93.7 cm³/mol. The third kappa shape index (κ3) is 3.81. The Hall–Kier alpha value is -2.99. The van der Waals surface area contributed by atoms with E-state index in [-0.39, 0.29) is 11.6 Å². The molecule has 0 N–H and O–H groups in total. The molecular weight excluding hydrogens is 336 g/mol. The summed E-state index contributed by atoms with van der Waals surface area (Å²) in [7, 11) is 0. The highest BCUT2D eigenvalue weighted by Crippen LogP contribution is 2.26. The SMILES string of the molecule is CC(C)c1noc(CN2CCN(c3ccc([N+](=O)[O-])cc3C#N)CC2)n1. The molecule has 0 unspecified atom stereocenters. The van der Waals surface area contributed by atoms with Gasteiger partial charge >= 0.3 is 0 Å². The summed E-state index contributed by atoms with van der Waals surface area (Å²) in [4.78, 5) is 19.1. The first kappa shape index (κ1) is 17.8. The van der Waals surface area contributed by atoms with E-state index in [0.29, 0.717) is 23.8 Å². The number of nitrogens with zero attached hydrogens (tertiary/aromatic N) is 6. The first-order valence-electron chi connectivity index (χ1n) is 8.46. The van der Waals surface area contributed by atoms with E-state index in [2.05, 4.69) is 26.0 Å². The Morgan fingerprint density at radius 1 is 1.35 bits per heavy atom. The highest BCUT2D eigenvalue weighted by atomic mass is 16.6. The fraction of sp³-hybridized carbons (Fsp3) is 0.471. The molecule has 9 nitrogen and oxygen atoms in total. The van der Waals surface area contributed by atoms with Gasteiger partial charge in [0.25, 0.3) is 5.69 Å². The molecule has 1 aliphatic rings. The van der Waals surface area contributed by atoms with Crippen LogP contribution in [0.4, 0.5) is 11.4 Å². The van der Waals surface area contributed by atoms with Crippen LogP contribution in [-0.4, -0.2) is 46.1 Å². The van der Waals surface area contributed by atoms with Gasteiger partial charge < -0.3 is 9.42 Å². The minimum absolute atomic E-state index is 0.0683. The Bertz CT molecular complexity index is 833. The van der Waals surface area contributed by atoms with Crippen LogP contribution in [0.25, 0.3) is 0 Å². The third-order valence-corrected chi connectivity index (χ3v) is 4.38. The van der Waals surface area contributed by atoms with Crippen molar-refractivity contribution in [2.75, 3.05) is 31.1 Å². The maximum atomic E-state index is 10.9. The quantitative estimate of drug-likeness (QED) is 0.592. The Kier molecular flexibility index (Phi) is 5.14. The van der Waals surface area contributed by atoms with Crippen LogP contribution >= 0.6 is 0 Å². The number of rotatable bonds is 5. The summed E-state index contributed by atoms with van der Waals surface area (Å²) < 4.78 is 5.29. The zero-order valence-corrected chi connectivity index (χ0v) is 14.8. The molecule has 1 aliphatic heterocycles. The van der Waals surface area contributed by atoms with E-state index < -0.39 is 4.92 Å². The summed E-state index contributed by atoms with van der Waals surface area (Å²) in [6, 6.07) is 6.48. The van der Waals surface area contributed by atoms with Crippen molar-refractivity contribution in [2.45, 2.75) is 26.3 Å². The van der Waals surface area contributed by atoms with Crippen molar-refractivity contribution in [1.82, 2.24) is 15.0 Å². The van der Waals surface area contributed by atoms with E-state index >= 15 is 0 Å². The molecule has 0 atom stereocenters. The zero-order valence-electron chi connectivity index (χ0n) is 14.8. The molecule has 2 aromatic rings. The van der Waals surface area contributed by atoms with E-state index in [1.807, 2.05) is 13.8 Å². The van der Waals surface area contributed by atoms with E-state index in [0.717, 1.165) is 31.9 Å². The highest BCUT2D eigenvalue weighted by molar-refractivity contribution is 5.63. The molecule has 1 aromatic carbocycles. The fourth-order valence-corrected chi connectivity index (χ4v) is 2.91. The predicted octanol–water partition coefficient (Wildman–Crippen LogP) is 2.30. The van der Waals surface area contributed by atoms with Crippen LogP contribution in [0.3, 0.4) is 0 Å². The van der Waals surface area contributed by atoms with Crippen molar-refractivity contribution in [3.63, 3.8) is 0 Å². The van der Waals surface area contributed by atoms with Gasteiger partial charge in [0.2, 0.25) is 5.89 Å². The summed E-state index contributed by atoms with van der Waals surface area (Å²) in [5, 5.41) is 24.2. The molecule has 0 radical (unpaired) electrons. The highest BCUT2D eigenvalue weighted by Gasteiger charge is 2.22. The second-order valence-corrected chi connectivity index (χ2v) is 6.53. The lowest BCUT2D eigenvalue weighted by molar-refractivity contribution is -0.384. The van der Waals surface area contributed by atoms with E-state index in [4.69, 9.17) is 4.52 Å². The first-order chi connectivity index (χ1) is 12.5. The van der Waals surface area contributed by atoms with Crippen LogP contribution in [0.1, 0.15) is 37.0 Å². The molecule has 0 bridgehead atoms. The van der Waals surface area contributed by atoms with Gasteiger partial charge in [0, 0.05) is 44.2 Å². The minimum Gasteiger partial charge on any atom is -0.368 e. The topological polar surface area (TPSA) is 112 Å². The largest absolute Gasteiger partial charge is 0.368 e. The number of anilines is 1. The molecule has 3 rings (SSSR count). The Morgan fingerprint density at radius 2 is 2.08 bits per heavy atom. The standard InChI is InChI=1S/C17H20N6O3/c1-12(2)17-19-16(26-20-17)11-21-5-7-22(8-6-21)15-4-3-14(23(24)25)9-13(15)10-18/h3-4,9,12H,5-8,11H2,1-2H3. The Morgan fingerprint density at radius 3 is 2.65 bits per heavy atom. The van der Waals surface area contributed by atoms with Gasteiger partial charge in [-0.3, -0.25) is 15.0 Å². The van der Waals surface area contributed by atoms with E-state index in [9.17, 15) is 15.4 Å². The lowest BCUT2D eigenvalue weighted by atomic mass is 10.1. The maximum Gasteiger partial charge on any atom is 0.270 e. The molecule has 1 aromatic heterocycles. The van der Waals surface area contributed by atoms with Gasteiger partial charge in [0.15, 0.2) is 5.82 Å². The van der Waals surface area contributed by atoms with Crippen molar-refractivity contribution in [3.05, 3.63) is 45.6 Å². The Labute approximate surface area is 151 Å². The lowest BCUT2D eigenvalue weighted by Gasteiger charge is -2.35. The smallest absolute Gasteiger partial charge is 0.270 e. The van der Waals surface area contributed by atoms with Crippen LogP contribution in [0.5, 0.6) is 0 Å². The van der Waals surface area contributed by atoms with Gasteiger partial charge in [0.1, 0.15) is 6.07 Å². The van der Waals surface area contributed by atoms with Crippen LogP contribution in [0, 0.1) is 21.4 Å². The number of benzene rings is 1. The second-order valence-electron chi connectivity index (χ2n) is 6.53. The summed E-state index contributed by atoms with van der Waals surface area (Å²) in [6.45, 7) is 7.63. The number of non-ortho nitro benzene ring substituents is 1. The summed E-state index contributed by atoms with van der Waals surface area (Å²) in [5.41, 5.74) is 0.991. The van der Waals surface area contributed by atoms with E-state index in [1.165, 1.54) is 12.1 Å². The van der Waals surface area contributed by atoms with Gasteiger partial charge in [0.05, 0.1) is 22.7 Å². The summed E-state index contributed by atoms with van der Waals surface area (Å²) in [6.07, 6.45) is 0. The number of aromatic nitrogens is 2. The maximum absolute atomic E-state index is 10.9. The fourth-order valence-electron chi connectivity index (χ4n) is 2.91. The summed E-state index contributed by atoms with van der Waals surface area (Å²) >= 11 is 0. The second kappa shape index (κ2) is 7.49. The van der Waals surface area contributed by atoms with Gasteiger partial charge in [-0.2, -0.15) is 10.2 Å². The molecule has 136 valence electrons. The first-order valence-corrected chi connectivity index (χ1v) is 8.46. The molecule has 0 aliphatic carbocycles. The van der Waals surface area contributed by atoms with Gasteiger partial charge in [-0.05, 0) is 6.07 Å². The summed E-state index contributed by atoms with van der Waals surface area (Å²) in [5.74, 6) is 1.55. The molecule has 26 heavy (non-hydrogen) atoms. The van der Waals surface area contributed by atoms with Crippen molar-refractivity contribution in [2.24, 2.45) is 0 Å². The number of nitriles is 1. The van der Waals surface area contributed by atoms with Crippen molar-refractivity contribution >= 4 is 11.4 Å².